The van der Waals surface area contributed by atoms with Gasteiger partial charge in [-0.1, -0.05) is 42.5 Å². The van der Waals surface area contributed by atoms with Crippen LogP contribution >= 0.6 is 11.8 Å². The van der Waals surface area contributed by atoms with Crippen LogP contribution in [0.5, 0.6) is 0 Å². The van der Waals surface area contributed by atoms with Gasteiger partial charge in [-0.3, -0.25) is 0 Å². The van der Waals surface area contributed by atoms with Crippen LogP contribution in [0.4, 0.5) is 0 Å². The SMILES string of the molecule is CS(=O)(=O)c1cccc([C@H](N[C@@H]2CCSC2)c2ccccc2)c1. The molecule has 2 atom stereocenters. The van der Waals surface area contributed by atoms with Crippen LogP contribution in [0.15, 0.2) is 59.5 Å². The third-order valence-electron chi connectivity index (χ3n) is 4.08. The molecule has 3 rings (SSSR count). The van der Waals surface area contributed by atoms with Gasteiger partial charge < -0.3 is 5.32 Å². The van der Waals surface area contributed by atoms with E-state index in [1.54, 1.807) is 12.1 Å². The zero-order valence-electron chi connectivity index (χ0n) is 13.1. The van der Waals surface area contributed by atoms with Crippen molar-refractivity contribution < 1.29 is 8.42 Å². The van der Waals surface area contributed by atoms with E-state index in [-0.39, 0.29) is 6.04 Å². The first-order valence-electron chi connectivity index (χ1n) is 7.73. The van der Waals surface area contributed by atoms with E-state index in [0.29, 0.717) is 10.9 Å². The summed E-state index contributed by atoms with van der Waals surface area (Å²) in [4.78, 5) is 0.374. The first-order valence-corrected chi connectivity index (χ1v) is 10.8. The van der Waals surface area contributed by atoms with Crippen LogP contribution in [0.2, 0.25) is 0 Å². The van der Waals surface area contributed by atoms with E-state index in [9.17, 15) is 8.42 Å². The molecule has 0 aromatic heterocycles. The Balaban J connectivity index is 1.97. The summed E-state index contributed by atoms with van der Waals surface area (Å²) in [6.45, 7) is 0. The molecule has 0 saturated carbocycles. The Bertz CT molecular complexity index is 754. The van der Waals surface area contributed by atoms with Crippen molar-refractivity contribution in [1.29, 1.82) is 0 Å². The minimum atomic E-state index is -3.20. The average molecular weight is 348 g/mol. The van der Waals surface area contributed by atoms with Crippen LogP contribution in [-0.4, -0.2) is 32.2 Å². The molecule has 1 saturated heterocycles. The monoisotopic (exact) mass is 347 g/mol. The molecular weight excluding hydrogens is 326 g/mol. The van der Waals surface area contributed by atoms with Gasteiger partial charge in [0, 0.05) is 18.1 Å². The number of thioether (sulfide) groups is 1. The lowest BCUT2D eigenvalue weighted by molar-refractivity contribution is 0.505. The van der Waals surface area contributed by atoms with Gasteiger partial charge in [-0.25, -0.2) is 8.42 Å². The molecule has 1 fully saturated rings. The van der Waals surface area contributed by atoms with Crippen molar-refractivity contribution in [3.63, 3.8) is 0 Å². The Morgan fingerprint density at radius 3 is 2.48 bits per heavy atom. The smallest absolute Gasteiger partial charge is 0.175 e. The van der Waals surface area contributed by atoms with Crippen molar-refractivity contribution in [2.75, 3.05) is 17.8 Å². The minimum absolute atomic E-state index is 0.0154. The lowest BCUT2D eigenvalue weighted by atomic mass is 9.97. The summed E-state index contributed by atoms with van der Waals surface area (Å²) < 4.78 is 23.7. The molecule has 0 unspecified atom stereocenters. The Labute approximate surface area is 142 Å². The molecule has 2 aromatic rings. The molecule has 1 aliphatic rings. The van der Waals surface area contributed by atoms with Crippen LogP contribution in [0.3, 0.4) is 0 Å². The molecule has 3 nitrogen and oxygen atoms in total. The van der Waals surface area contributed by atoms with Gasteiger partial charge in [-0.2, -0.15) is 11.8 Å². The lowest BCUT2D eigenvalue weighted by Gasteiger charge is -2.24. The molecule has 0 radical (unpaired) electrons. The highest BCUT2D eigenvalue weighted by Gasteiger charge is 2.22. The van der Waals surface area contributed by atoms with Crippen LogP contribution in [0.1, 0.15) is 23.6 Å². The highest BCUT2D eigenvalue weighted by atomic mass is 32.2. The summed E-state index contributed by atoms with van der Waals surface area (Å²) in [7, 11) is -3.20. The highest BCUT2D eigenvalue weighted by Crippen LogP contribution is 2.27. The molecule has 0 bridgehead atoms. The molecule has 1 aliphatic heterocycles. The van der Waals surface area contributed by atoms with Crippen LogP contribution in [0, 0.1) is 0 Å². The molecule has 0 aliphatic carbocycles. The van der Waals surface area contributed by atoms with Gasteiger partial charge in [0.25, 0.3) is 0 Å². The van der Waals surface area contributed by atoms with Gasteiger partial charge in [0.2, 0.25) is 0 Å². The maximum atomic E-state index is 11.9. The molecular formula is C18H21NO2S2. The number of rotatable bonds is 5. The first-order chi connectivity index (χ1) is 11.0. The first kappa shape index (κ1) is 16.6. The lowest BCUT2D eigenvalue weighted by Crippen LogP contribution is -2.33. The summed E-state index contributed by atoms with van der Waals surface area (Å²) in [5.74, 6) is 2.29. The minimum Gasteiger partial charge on any atom is -0.303 e. The van der Waals surface area contributed by atoms with E-state index >= 15 is 0 Å². The fourth-order valence-corrected chi connectivity index (χ4v) is 4.70. The third kappa shape index (κ3) is 4.16. The van der Waals surface area contributed by atoms with Crippen LogP contribution < -0.4 is 5.32 Å². The van der Waals surface area contributed by atoms with Crippen molar-refractivity contribution in [1.82, 2.24) is 5.32 Å². The zero-order chi connectivity index (χ0) is 16.3. The fourth-order valence-electron chi connectivity index (χ4n) is 2.86. The predicted octanol–water partition coefficient (Wildman–Crippen LogP) is 3.27. The summed E-state index contributed by atoms with van der Waals surface area (Å²) in [6.07, 6.45) is 2.41. The second-order valence-electron chi connectivity index (χ2n) is 5.92. The molecule has 5 heteroatoms. The molecule has 0 spiro atoms. The fraction of sp³-hybridized carbons (Fsp3) is 0.333. The van der Waals surface area contributed by atoms with Gasteiger partial charge in [0.1, 0.15) is 0 Å². The predicted molar refractivity (Wildman–Crippen MR) is 96.7 cm³/mol. The van der Waals surface area contributed by atoms with Gasteiger partial charge in [-0.05, 0) is 35.4 Å². The highest BCUT2D eigenvalue weighted by molar-refractivity contribution is 7.99. The Hall–Kier alpha value is -1.30. The van der Waals surface area contributed by atoms with Crippen molar-refractivity contribution in [3.05, 3.63) is 65.7 Å². The van der Waals surface area contributed by atoms with Crippen molar-refractivity contribution in [2.45, 2.75) is 23.4 Å². The van der Waals surface area contributed by atoms with Gasteiger partial charge in [0.05, 0.1) is 10.9 Å². The van der Waals surface area contributed by atoms with Crippen molar-refractivity contribution >= 4 is 21.6 Å². The Morgan fingerprint density at radius 2 is 1.83 bits per heavy atom. The molecule has 122 valence electrons. The number of nitrogens with one attached hydrogen (secondary N) is 1. The van der Waals surface area contributed by atoms with Crippen molar-refractivity contribution in [3.8, 4) is 0 Å². The van der Waals surface area contributed by atoms with E-state index in [0.717, 1.165) is 23.3 Å². The Morgan fingerprint density at radius 1 is 1.09 bits per heavy atom. The van der Waals surface area contributed by atoms with E-state index in [2.05, 4.69) is 17.4 Å². The van der Waals surface area contributed by atoms with Crippen LogP contribution in [-0.2, 0) is 9.84 Å². The summed E-state index contributed by atoms with van der Waals surface area (Å²) in [5.41, 5.74) is 2.16. The Kier molecular flexibility index (Phi) is 5.09. The number of hydrogen-bond acceptors (Lipinski definition) is 4. The largest absolute Gasteiger partial charge is 0.303 e. The second kappa shape index (κ2) is 7.07. The number of hydrogen-bond donors (Lipinski definition) is 1. The van der Waals surface area contributed by atoms with Crippen LogP contribution in [0.25, 0.3) is 0 Å². The molecule has 0 amide bonds. The standard InChI is InChI=1S/C18H21NO2S2/c1-23(20,21)17-9-5-8-15(12-17)18(14-6-3-2-4-7-14)19-16-10-11-22-13-16/h2-9,12,16,18-19H,10-11,13H2,1H3/t16-,18-/m1/s1. The maximum absolute atomic E-state index is 11.9. The zero-order valence-corrected chi connectivity index (χ0v) is 14.7. The van der Waals surface area contributed by atoms with E-state index in [1.165, 1.54) is 12.0 Å². The topological polar surface area (TPSA) is 46.2 Å². The summed E-state index contributed by atoms with van der Waals surface area (Å²) >= 11 is 1.96. The average Bonchev–Trinajstić information content (AvgIpc) is 3.06. The third-order valence-corrected chi connectivity index (χ3v) is 6.36. The number of sulfone groups is 1. The normalized spacial score (nSPS) is 19.6. The second-order valence-corrected chi connectivity index (χ2v) is 9.08. The maximum Gasteiger partial charge on any atom is 0.175 e. The number of benzene rings is 2. The summed E-state index contributed by atoms with van der Waals surface area (Å²) in [5, 5.41) is 3.71. The van der Waals surface area contributed by atoms with E-state index in [1.807, 2.05) is 42.1 Å². The van der Waals surface area contributed by atoms with Gasteiger partial charge in [0.15, 0.2) is 9.84 Å². The van der Waals surface area contributed by atoms with E-state index < -0.39 is 9.84 Å². The van der Waals surface area contributed by atoms with Crippen molar-refractivity contribution in [2.24, 2.45) is 0 Å². The van der Waals surface area contributed by atoms with Gasteiger partial charge >= 0.3 is 0 Å². The van der Waals surface area contributed by atoms with E-state index in [4.69, 9.17) is 0 Å². The molecule has 23 heavy (non-hydrogen) atoms. The summed E-state index contributed by atoms with van der Waals surface area (Å²) in [6, 6.07) is 18.0. The quantitative estimate of drug-likeness (QED) is 0.902. The van der Waals surface area contributed by atoms with Gasteiger partial charge in [-0.15, -0.1) is 0 Å². The molecule has 1 N–H and O–H groups in total. The molecule has 2 aromatic carbocycles. The molecule has 1 heterocycles.